The molecule has 0 atom stereocenters. The predicted molar refractivity (Wildman–Crippen MR) is 44.5 cm³/mol. The molecule has 4 heteroatoms. The third-order valence-corrected chi connectivity index (χ3v) is 2.12. The van der Waals surface area contributed by atoms with Crippen LogP contribution in [-0.4, -0.2) is 48.3 Å². The molecule has 4 nitrogen and oxygen atoms in total. The SMILES string of the molecule is CC(=O)N1CCCN(C)C(=O)C1. The summed E-state index contributed by atoms with van der Waals surface area (Å²) in [6.07, 6.45) is 0.877. The van der Waals surface area contributed by atoms with E-state index in [1.54, 1.807) is 16.8 Å². The average Bonchev–Trinajstić information content (AvgIpc) is 2.15. The van der Waals surface area contributed by atoms with Gasteiger partial charge in [-0.2, -0.15) is 0 Å². The van der Waals surface area contributed by atoms with Crippen LogP contribution in [0.15, 0.2) is 0 Å². The normalized spacial score (nSPS) is 19.3. The van der Waals surface area contributed by atoms with Crippen molar-refractivity contribution in [2.45, 2.75) is 13.3 Å². The number of hydrogen-bond donors (Lipinski definition) is 0. The van der Waals surface area contributed by atoms with Crippen molar-refractivity contribution in [1.29, 1.82) is 0 Å². The molecule has 0 bridgehead atoms. The van der Waals surface area contributed by atoms with E-state index in [2.05, 4.69) is 0 Å². The molecule has 68 valence electrons. The van der Waals surface area contributed by atoms with Crippen LogP contribution in [0.1, 0.15) is 13.3 Å². The van der Waals surface area contributed by atoms with Crippen molar-refractivity contribution in [2.24, 2.45) is 0 Å². The third kappa shape index (κ3) is 1.96. The number of likely N-dealkylation sites (N-methyl/N-ethyl adjacent to an activating group) is 1. The summed E-state index contributed by atoms with van der Waals surface area (Å²) in [6.45, 7) is 3.19. The molecule has 1 aliphatic heterocycles. The molecule has 1 rings (SSSR count). The van der Waals surface area contributed by atoms with Gasteiger partial charge in [-0.1, -0.05) is 0 Å². The molecule has 0 aliphatic carbocycles. The van der Waals surface area contributed by atoms with Crippen LogP contribution in [0, 0.1) is 0 Å². The Labute approximate surface area is 72.1 Å². The maximum atomic E-state index is 11.3. The molecule has 0 N–H and O–H groups in total. The second-order valence-corrected chi connectivity index (χ2v) is 3.11. The summed E-state index contributed by atoms with van der Waals surface area (Å²) in [7, 11) is 1.77. The summed E-state index contributed by atoms with van der Waals surface area (Å²) in [5.74, 6) is 0.0151. The van der Waals surface area contributed by atoms with Crippen LogP contribution in [0.2, 0.25) is 0 Å². The Kier molecular flexibility index (Phi) is 2.68. The van der Waals surface area contributed by atoms with Gasteiger partial charge in [0.2, 0.25) is 11.8 Å². The van der Waals surface area contributed by atoms with Crippen molar-refractivity contribution < 1.29 is 9.59 Å². The fourth-order valence-corrected chi connectivity index (χ4v) is 1.26. The second kappa shape index (κ2) is 3.56. The van der Waals surface area contributed by atoms with Crippen molar-refractivity contribution in [3.63, 3.8) is 0 Å². The Morgan fingerprint density at radius 3 is 2.67 bits per heavy atom. The molecule has 0 spiro atoms. The highest BCUT2D eigenvalue weighted by atomic mass is 16.2. The maximum Gasteiger partial charge on any atom is 0.241 e. The molecule has 1 saturated heterocycles. The van der Waals surface area contributed by atoms with Crippen LogP contribution in [0.4, 0.5) is 0 Å². The van der Waals surface area contributed by atoms with E-state index in [1.807, 2.05) is 0 Å². The average molecular weight is 170 g/mol. The van der Waals surface area contributed by atoms with Gasteiger partial charge in [-0.05, 0) is 6.42 Å². The first-order chi connectivity index (χ1) is 5.61. The minimum absolute atomic E-state index is 0.0151. The van der Waals surface area contributed by atoms with Crippen LogP contribution in [0.5, 0.6) is 0 Å². The van der Waals surface area contributed by atoms with Crippen LogP contribution in [0.3, 0.4) is 0 Å². The predicted octanol–water partition coefficient (Wildman–Crippen LogP) is -0.303. The van der Waals surface area contributed by atoms with E-state index in [0.717, 1.165) is 13.0 Å². The van der Waals surface area contributed by atoms with Crippen LogP contribution in [0.25, 0.3) is 0 Å². The molecule has 1 heterocycles. The smallest absolute Gasteiger partial charge is 0.241 e. The zero-order valence-electron chi connectivity index (χ0n) is 7.54. The molecule has 0 radical (unpaired) electrons. The lowest BCUT2D eigenvalue weighted by Gasteiger charge is -2.17. The maximum absolute atomic E-state index is 11.3. The molecule has 0 saturated carbocycles. The van der Waals surface area contributed by atoms with Crippen molar-refractivity contribution in [3.05, 3.63) is 0 Å². The van der Waals surface area contributed by atoms with Gasteiger partial charge in [0.05, 0.1) is 6.54 Å². The summed E-state index contributed by atoms with van der Waals surface area (Å²) < 4.78 is 0. The molecule has 0 aromatic heterocycles. The van der Waals surface area contributed by atoms with Gasteiger partial charge in [0.15, 0.2) is 0 Å². The van der Waals surface area contributed by atoms with E-state index < -0.39 is 0 Å². The zero-order valence-corrected chi connectivity index (χ0v) is 7.54. The summed E-state index contributed by atoms with van der Waals surface area (Å²) >= 11 is 0. The summed E-state index contributed by atoms with van der Waals surface area (Å²) in [4.78, 5) is 25.5. The van der Waals surface area contributed by atoms with Gasteiger partial charge in [-0.25, -0.2) is 0 Å². The van der Waals surface area contributed by atoms with Crippen LogP contribution >= 0.6 is 0 Å². The lowest BCUT2D eigenvalue weighted by Crippen LogP contribution is -2.36. The number of carbonyl (C=O) groups excluding carboxylic acids is 2. The first-order valence-electron chi connectivity index (χ1n) is 4.10. The third-order valence-electron chi connectivity index (χ3n) is 2.12. The van der Waals surface area contributed by atoms with Crippen LogP contribution < -0.4 is 0 Å². The van der Waals surface area contributed by atoms with Gasteiger partial charge in [0.1, 0.15) is 0 Å². The zero-order chi connectivity index (χ0) is 9.14. The van der Waals surface area contributed by atoms with Crippen molar-refractivity contribution >= 4 is 11.8 Å². The fourth-order valence-electron chi connectivity index (χ4n) is 1.26. The molecule has 0 aromatic carbocycles. The summed E-state index contributed by atoms with van der Waals surface area (Å²) in [5, 5.41) is 0. The van der Waals surface area contributed by atoms with Gasteiger partial charge in [-0.3, -0.25) is 9.59 Å². The van der Waals surface area contributed by atoms with E-state index >= 15 is 0 Å². The van der Waals surface area contributed by atoms with Gasteiger partial charge in [0, 0.05) is 27.1 Å². The Morgan fingerprint density at radius 1 is 1.42 bits per heavy atom. The molecule has 1 fully saturated rings. The minimum atomic E-state index is -0.0151. The first-order valence-corrected chi connectivity index (χ1v) is 4.10. The van der Waals surface area contributed by atoms with Crippen LogP contribution in [-0.2, 0) is 9.59 Å². The lowest BCUT2D eigenvalue weighted by atomic mass is 10.4. The van der Waals surface area contributed by atoms with E-state index in [0.29, 0.717) is 6.54 Å². The van der Waals surface area contributed by atoms with Crippen molar-refractivity contribution in [1.82, 2.24) is 9.80 Å². The Balaban J connectivity index is 2.60. The van der Waals surface area contributed by atoms with Gasteiger partial charge in [-0.15, -0.1) is 0 Å². The lowest BCUT2D eigenvalue weighted by molar-refractivity contribution is -0.136. The van der Waals surface area contributed by atoms with E-state index in [9.17, 15) is 9.59 Å². The largest absolute Gasteiger partial charge is 0.344 e. The van der Waals surface area contributed by atoms with E-state index in [1.165, 1.54) is 6.92 Å². The highest BCUT2D eigenvalue weighted by Gasteiger charge is 2.19. The molecule has 2 amide bonds. The monoisotopic (exact) mass is 170 g/mol. The quantitative estimate of drug-likeness (QED) is 0.500. The van der Waals surface area contributed by atoms with Crippen molar-refractivity contribution in [3.8, 4) is 0 Å². The summed E-state index contributed by atoms with van der Waals surface area (Å²) in [6, 6.07) is 0. The second-order valence-electron chi connectivity index (χ2n) is 3.11. The molecular formula is C8H14N2O2. The molecular weight excluding hydrogens is 156 g/mol. The molecule has 12 heavy (non-hydrogen) atoms. The van der Waals surface area contributed by atoms with E-state index in [4.69, 9.17) is 0 Å². The Morgan fingerprint density at radius 2 is 2.08 bits per heavy atom. The van der Waals surface area contributed by atoms with Gasteiger partial charge in [0.25, 0.3) is 0 Å². The highest BCUT2D eigenvalue weighted by Crippen LogP contribution is 2.01. The van der Waals surface area contributed by atoms with Gasteiger partial charge < -0.3 is 9.80 Å². The number of nitrogens with zero attached hydrogens (tertiary/aromatic N) is 2. The Hall–Kier alpha value is -1.06. The summed E-state index contributed by atoms with van der Waals surface area (Å²) in [5.41, 5.74) is 0. The fraction of sp³-hybridized carbons (Fsp3) is 0.750. The van der Waals surface area contributed by atoms with E-state index in [-0.39, 0.29) is 18.4 Å². The number of rotatable bonds is 0. The molecule has 0 aromatic rings. The van der Waals surface area contributed by atoms with Crippen molar-refractivity contribution in [2.75, 3.05) is 26.7 Å². The topological polar surface area (TPSA) is 40.6 Å². The number of amides is 2. The first kappa shape index (κ1) is 9.03. The number of hydrogen-bond acceptors (Lipinski definition) is 2. The highest BCUT2D eigenvalue weighted by molar-refractivity contribution is 5.84. The Bertz CT molecular complexity index is 203. The standard InChI is InChI=1S/C8H14N2O2/c1-7(11)10-5-3-4-9(2)8(12)6-10/h3-6H2,1-2H3. The van der Waals surface area contributed by atoms with Gasteiger partial charge >= 0.3 is 0 Å². The molecule has 1 aliphatic rings. The molecule has 0 unspecified atom stereocenters. The number of carbonyl (C=O) groups is 2. The minimum Gasteiger partial charge on any atom is -0.344 e.